The van der Waals surface area contributed by atoms with Crippen molar-refractivity contribution in [2.24, 2.45) is 7.05 Å². The number of carboxylic acids is 1. The Bertz CT molecular complexity index is 679. The highest BCUT2D eigenvalue weighted by Crippen LogP contribution is 2.24. The summed E-state index contributed by atoms with van der Waals surface area (Å²) in [5.74, 6) is -1.39. The normalized spacial score (nSPS) is 10.5. The lowest BCUT2D eigenvalue weighted by atomic mass is 10.1. The topological polar surface area (TPSA) is 59.3 Å². The van der Waals surface area contributed by atoms with Crippen molar-refractivity contribution in [3.8, 4) is 0 Å². The van der Waals surface area contributed by atoms with Crippen LogP contribution in [0.3, 0.4) is 0 Å². The maximum absolute atomic E-state index is 12.3. The molecule has 1 N–H and O–H groups in total. The molecule has 2 rings (SSSR count). The molecule has 1 aromatic carbocycles. The third kappa shape index (κ3) is 2.72. The number of ketones is 1. The van der Waals surface area contributed by atoms with E-state index in [9.17, 15) is 9.59 Å². The van der Waals surface area contributed by atoms with Crippen molar-refractivity contribution >= 4 is 39.3 Å². The lowest BCUT2D eigenvalue weighted by Gasteiger charge is -2.02. The van der Waals surface area contributed by atoms with Gasteiger partial charge in [0.25, 0.3) is 0 Å². The minimum atomic E-state index is -1.08. The molecule has 0 saturated heterocycles. The molecule has 1 heterocycles. The fourth-order valence-corrected chi connectivity index (χ4v) is 2.29. The van der Waals surface area contributed by atoms with Crippen LogP contribution in [0.2, 0.25) is 5.02 Å². The Morgan fingerprint density at radius 3 is 2.58 bits per heavy atom. The van der Waals surface area contributed by atoms with Gasteiger partial charge in [-0.3, -0.25) is 4.79 Å². The second-order valence-electron chi connectivity index (χ2n) is 3.98. The molecule has 0 radical (unpaired) electrons. The highest BCUT2D eigenvalue weighted by molar-refractivity contribution is 9.10. The highest BCUT2D eigenvalue weighted by atomic mass is 79.9. The number of hydrogen-bond donors (Lipinski definition) is 1. The predicted octanol–water partition coefficient (Wildman–Crippen LogP) is 3.37. The van der Waals surface area contributed by atoms with Crippen molar-refractivity contribution in [1.29, 1.82) is 0 Å². The number of halogens is 2. The minimum absolute atomic E-state index is 0.0504. The van der Waals surface area contributed by atoms with Gasteiger partial charge in [-0.25, -0.2) is 4.79 Å². The number of carboxylic acid groups (broad SMARTS) is 1. The fraction of sp³-hybridized carbons (Fsp3) is 0.0769. The standard InChI is InChI=1S/C13H9BrClNO3/c1-16-6-7(4-11(16)13(18)19)12(17)9-5-8(14)2-3-10(9)15/h2-6H,1H3,(H,18,19). The van der Waals surface area contributed by atoms with Crippen molar-refractivity contribution in [3.63, 3.8) is 0 Å². The summed E-state index contributed by atoms with van der Waals surface area (Å²) in [4.78, 5) is 23.2. The minimum Gasteiger partial charge on any atom is -0.477 e. The Morgan fingerprint density at radius 1 is 1.32 bits per heavy atom. The Hall–Kier alpha value is -1.59. The summed E-state index contributed by atoms with van der Waals surface area (Å²) in [6.07, 6.45) is 1.48. The van der Waals surface area contributed by atoms with Crippen LogP contribution in [0.25, 0.3) is 0 Å². The van der Waals surface area contributed by atoms with Crippen LogP contribution in [-0.2, 0) is 7.05 Å². The van der Waals surface area contributed by atoms with Gasteiger partial charge in [0.05, 0.1) is 5.02 Å². The summed E-state index contributed by atoms with van der Waals surface area (Å²) >= 11 is 9.26. The molecular formula is C13H9BrClNO3. The van der Waals surface area contributed by atoms with E-state index >= 15 is 0 Å². The van der Waals surface area contributed by atoms with Gasteiger partial charge in [-0.05, 0) is 24.3 Å². The van der Waals surface area contributed by atoms with Crippen LogP contribution in [0.1, 0.15) is 26.4 Å². The van der Waals surface area contributed by atoms with E-state index < -0.39 is 5.97 Å². The molecule has 6 heteroatoms. The zero-order valence-electron chi connectivity index (χ0n) is 9.85. The number of carbonyl (C=O) groups is 2. The number of nitrogens with zero attached hydrogens (tertiary/aromatic N) is 1. The van der Waals surface area contributed by atoms with Gasteiger partial charge in [0.1, 0.15) is 5.69 Å². The van der Waals surface area contributed by atoms with Crippen molar-refractivity contribution in [1.82, 2.24) is 4.57 Å². The lowest BCUT2D eigenvalue weighted by molar-refractivity contribution is 0.0686. The largest absolute Gasteiger partial charge is 0.477 e. The molecule has 0 spiro atoms. The number of hydrogen-bond acceptors (Lipinski definition) is 2. The van der Waals surface area contributed by atoms with Crippen molar-refractivity contribution in [2.45, 2.75) is 0 Å². The van der Waals surface area contributed by atoms with Gasteiger partial charge in [0, 0.05) is 28.8 Å². The van der Waals surface area contributed by atoms with E-state index in [0.717, 1.165) is 4.47 Å². The third-order valence-corrected chi connectivity index (χ3v) is 3.48. The van der Waals surface area contributed by atoms with E-state index in [-0.39, 0.29) is 11.5 Å². The van der Waals surface area contributed by atoms with Crippen LogP contribution in [0.5, 0.6) is 0 Å². The van der Waals surface area contributed by atoms with Crippen molar-refractivity contribution < 1.29 is 14.7 Å². The van der Waals surface area contributed by atoms with Crippen LogP contribution >= 0.6 is 27.5 Å². The van der Waals surface area contributed by atoms with Crippen molar-refractivity contribution in [2.75, 3.05) is 0 Å². The number of aryl methyl sites for hydroxylation is 1. The Balaban J connectivity index is 2.47. The van der Waals surface area contributed by atoms with E-state index in [1.807, 2.05) is 0 Å². The molecule has 0 amide bonds. The molecule has 1 aromatic heterocycles. The number of rotatable bonds is 3. The van der Waals surface area contributed by atoms with Gasteiger partial charge >= 0.3 is 5.97 Å². The molecule has 0 unspecified atom stereocenters. The molecule has 19 heavy (non-hydrogen) atoms. The molecule has 0 atom stereocenters. The first-order valence-corrected chi connectivity index (χ1v) is 6.46. The molecule has 0 aliphatic carbocycles. The van der Waals surface area contributed by atoms with Gasteiger partial charge in [0.15, 0.2) is 5.78 Å². The third-order valence-electron chi connectivity index (χ3n) is 2.66. The van der Waals surface area contributed by atoms with Gasteiger partial charge in [-0.2, -0.15) is 0 Å². The first-order valence-electron chi connectivity index (χ1n) is 5.29. The quantitative estimate of drug-likeness (QED) is 0.870. The van der Waals surface area contributed by atoms with Gasteiger partial charge in [0.2, 0.25) is 0 Å². The first-order chi connectivity index (χ1) is 8.90. The lowest BCUT2D eigenvalue weighted by Crippen LogP contribution is -2.02. The SMILES string of the molecule is Cn1cc(C(=O)c2cc(Br)ccc2Cl)cc1C(=O)O. The van der Waals surface area contributed by atoms with Gasteiger partial charge < -0.3 is 9.67 Å². The zero-order valence-corrected chi connectivity index (χ0v) is 12.2. The first kappa shape index (κ1) is 13.8. The van der Waals surface area contributed by atoms with E-state index in [2.05, 4.69) is 15.9 Å². The average Bonchev–Trinajstić information content (AvgIpc) is 2.74. The van der Waals surface area contributed by atoms with E-state index in [1.54, 1.807) is 25.2 Å². The van der Waals surface area contributed by atoms with Gasteiger partial charge in [-0.15, -0.1) is 0 Å². The molecule has 0 bridgehead atoms. The average molecular weight is 343 g/mol. The van der Waals surface area contributed by atoms with Crippen molar-refractivity contribution in [3.05, 3.63) is 56.8 Å². The van der Waals surface area contributed by atoms with Crippen LogP contribution < -0.4 is 0 Å². The summed E-state index contributed by atoms with van der Waals surface area (Å²) in [6.45, 7) is 0. The maximum atomic E-state index is 12.3. The fourth-order valence-electron chi connectivity index (χ4n) is 1.73. The second-order valence-corrected chi connectivity index (χ2v) is 5.31. The molecule has 0 saturated carbocycles. The van der Waals surface area contributed by atoms with E-state index in [0.29, 0.717) is 16.1 Å². The Kier molecular flexibility index (Phi) is 3.78. The van der Waals surface area contributed by atoms with Gasteiger partial charge in [-0.1, -0.05) is 27.5 Å². The molecule has 98 valence electrons. The molecule has 4 nitrogen and oxygen atoms in total. The molecule has 2 aromatic rings. The number of aromatic carboxylic acids is 1. The summed E-state index contributed by atoms with van der Waals surface area (Å²) in [5.41, 5.74) is 0.674. The van der Waals surface area contributed by atoms with E-state index in [1.165, 1.54) is 16.8 Å². The van der Waals surface area contributed by atoms with E-state index in [4.69, 9.17) is 16.7 Å². The Labute approximate surface area is 122 Å². The summed E-state index contributed by atoms with van der Waals surface area (Å²) in [7, 11) is 1.57. The predicted molar refractivity (Wildman–Crippen MR) is 75.0 cm³/mol. The van der Waals surface area contributed by atoms with Crippen LogP contribution in [0.15, 0.2) is 34.9 Å². The number of benzene rings is 1. The summed E-state index contributed by atoms with van der Waals surface area (Å²) in [6, 6.07) is 6.28. The molecular weight excluding hydrogens is 334 g/mol. The monoisotopic (exact) mass is 341 g/mol. The summed E-state index contributed by atoms with van der Waals surface area (Å²) < 4.78 is 2.12. The van der Waals surface area contributed by atoms with Crippen LogP contribution in [0, 0.1) is 0 Å². The number of carbonyl (C=O) groups excluding carboxylic acids is 1. The van der Waals surface area contributed by atoms with Crippen LogP contribution in [-0.4, -0.2) is 21.4 Å². The highest BCUT2D eigenvalue weighted by Gasteiger charge is 2.18. The zero-order chi connectivity index (χ0) is 14.2. The summed E-state index contributed by atoms with van der Waals surface area (Å²) in [5, 5.41) is 9.29. The maximum Gasteiger partial charge on any atom is 0.352 e. The second kappa shape index (κ2) is 5.19. The molecule has 0 aliphatic rings. The number of aromatic nitrogens is 1. The Morgan fingerprint density at radius 2 is 2.00 bits per heavy atom. The van der Waals surface area contributed by atoms with Crippen LogP contribution in [0.4, 0.5) is 0 Å². The smallest absolute Gasteiger partial charge is 0.352 e. The molecule has 0 fully saturated rings. The molecule has 0 aliphatic heterocycles.